The molecule has 0 spiro atoms. The third-order valence-corrected chi connectivity index (χ3v) is 4.81. The Kier molecular flexibility index (Phi) is 4.16. The molecule has 2 N–H and O–H groups in total. The van der Waals surface area contributed by atoms with Crippen LogP contribution in [0, 0.1) is 0 Å². The highest BCUT2D eigenvalue weighted by molar-refractivity contribution is 5.98. The molecular formula is C19H22N4O3. The van der Waals surface area contributed by atoms with E-state index in [1.54, 1.807) is 14.0 Å². The Bertz CT molecular complexity index is 957. The minimum Gasteiger partial charge on any atom is -0.497 e. The van der Waals surface area contributed by atoms with Gasteiger partial charge >= 0.3 is 0 Å². The molecule has 3 heterocycles. The number of aromatic nitrogens is 3. The van der Waals surface area contributed by atoms with Crippen molar-refractivity contribution < 1.29 is 14.6 Å². The number of H-pyrrole nitrogens is 1. The first-order valence-electron chi connectivity index (χ1n) is 8.76. The van der Waals surface area contributed by atoms with Crippen molar-refractivity contribution in [2.75, 3.05) is 13.7 Å². The smallest absolute Gasteiger partial charge is 0.270 e. The summed E-state index contributed by atoms with van der Waals surface area (Å²) in [4.78, 5) is 18.0. The Morgan fingerprint density at radius 2 is 2.15 bits per heavy atom. The molecule has 1 aliphatic heterocycles. The number of aryl methyl sites for hydroxylation is 1. The maximum Gasteiger partial charge on any atom is 0.270 e. The first-order valence-corrected chi connectivity index (χ1v) is 8.76. The zero-order valence-electron chi connectivity index (χ0n) is 14.9. The molecule has 26 heavy (non-hydrogen) atoms. The standard InChI is InChI=1S/C19H22N4O3/c1-12(24)17-10-14-11-22(6-3-7-23(14)21-17)19(25)18-9-13-8-15(26-2)4-5-16(13)20-18/h4-5,8-10,12,20,24H,3,6-7,11H2,1-2H3/t12-/m0/s1. The van der Waals surface area contributed by atoms with Crippen molar-refractivity contribution in [2.45, 2.75) is 32.5 Å². The number of nitrogens with zero attached hydrogens (tertiary/aromatic N) is 3. The lowest BCUT2D eigenvalue weighted by atomic mass is 10.2. The minimum atomic E-state index is -0.609. The Balaban J connectivity index is 1.61. The quantitative estimate of drug-likeness (QED) is 0.757. The van der Waals surface area contributed by atoms with Crippen molar-refractivity contribution in [1.82, 2.24) is 19.7 Å². The van der Waals surface area contributed by atoms with E-state index in [0.29, 0.717) is 24.5 Å². The lowest BCUT2D eigenvalue weighted by molar-refractivity contribution is 0.0741. The maximum absolute atomic E-state index is 13.0. The van der Waals surface area contributed by atoms with Crippen molar-refractivity contribution in [1.29, 1.82) is 0 Å². The van der Waals surface area contributed by atoms with Gasteiger partial charge in [-0.05, 0) is 43.7 Å². The topological polar surface area (TPSA) is 83.4 Å². The lowest BCUT2D eigenvalue weighted by Gasteiger charge is -2.19. The van der Waals surface area contributed by atoms with Crippen molar-refractivity contribution in [3.63, 3.8) is 0 Å². The molecule has 0 saturated carbocycles. The lowest BCUT2D eigenvalue weighted by Crippen LogP contribution is -2.30. The summed E-state index contributed by atoms with van der Waals surface area (Å²) in [6.45, 7) is 3.60. The Hall–Kier alpha value is -2.80. The number of hydrogen-bond acceptors (Lipinski definition) is 4. The molecule has 0 aliphatic carbocycles. The molecule has 0 fully saturated rings. The van der Waals surface area contributed by atoms with E-state index in [1.165, 1.54) is 0 Å². The van der Waals surface area contributed by atoms with E-state index in [-0.39, 0.29) is 5.91 Å². The van der Waals surface area contributed by atoms with Crippen LogP contribution in [0.3, 0.4) is 0 Å². The summed E-state index contributed by atoms with van der Waals surface area (Å²) in [5.74, 6) is 0.730. The van der Waals surface area contributed by atoms with Crippen LogP contribution < -0.4 is 4.74 Å². The maximum atomic E-state index is 13.0. The van der Waals surface area contributed by atoms with E-state index in [9.17, 15) is 9.90 Å². The number of carbonyl (C=O) groups excluding carboxylic acids is 1. The van der Waals surface area contributed by atoms with Gasteiger partial charge in [0.05, 0.1) is 31.1 Å². The van der Waals surface area contributed by atoms with Crippen molar-refractivity contribution in [3.8, 4) is 5.75 Å². The molecule has 136 valence electrons. The summed E-state index contributed by atoms with van der Waals surface area (Å²) in [5.41, 5.74) is 3.07. The summed E-state index contributed by atoms with van der Waals surface area (Å²) in [6, 6.07) is 9.44. The van der Waals surface area contributed by atoms with E-state index in [2.05, 4.69) is 10.1 Å². The number of methoxy groups -OCH3 is 1. The molecule has 1 amide bonds. The number of nitrogens with one attached hydrogen (secondary N) is 1. The zero-order valence-corrected chi connectivity index (χ0v) is 14.9. The fourth-order valence-electron chi connectivity index (χ4n) is 3.39. The van der Waals surface area contributed by atoms with Crippen LogP contribution in [0.15, 0.2) is 30.3 Å². The molecule has 0 bridgehead atoms. The molecule has 2 aromatic heterocycles. The number of aliphatic hydroxyl groups is 1. The second-order valence-electron chi connectivity index (χ2n) is 6.68. The van der Waals surface area contributed by atoms with E-state index in [0.717, 1.165) is 35.3 Å². The number of aromatic amines is 1. The third kappa shape index (κ3) is 2.94. The molecule has 1 aromatic carbocycles. The SMILES string of the molecule is COc1ccc2[nH]c(C(=O)N3CCCn4nc([C@H](C)O)cc4C3)cc2c1. The summed E-state index contributed by atoms with van der Waals surface area (Å²) in [7, 11) is 1.63. The van der Waals surface area contributed by atoms with Gasteiger partial charge in [0.15, 0.2) is 0 Å². The number of benzene rings is 1. The minimum absolute atomic E-state index is 0.0339. The second kappa shape index (κ2) is 6.49. The molecule has 7 heteroatoms. The highest BCUT2D eigenvalue weighted by Crippen LogP contribution is 2.24. The molecule has 1 aliphatic rings. The number of amides is 1. The van der Waals surface area contributed by atoms with Gasteiger partial charge in [0.25, 0.3) is 5.91 Å². The Labute approximate surface area is 151 Å². The molecule has 1 atom stereocenters. The van der Waals surface area contributed by atoms with Crippen LogP contribution in [-0.2, 0) is 13.1 Å². The van der Waals surface area contributed by atoms with Gasteiger partial charge in [-0.25, -0.2) is 0 Å². The summed E-state index contributed by atoms with van der Waals surface area (Å²) < 4.78 is 7.14. The molecule has 4 rings (SSSR count). The number of rotatable bonds is 3. The molecule has 7 nitrogen and oxygen atoms in total. The van der Waals surface area contributed by atoms with Gasteiger partial charge in [-0.3, -0.25) is 9.48 Å². The van der Waals surface area contributed by atoms with Crippen LogP contribution in [0.4, 0.5) is 0 Å². The van der Waals surface area contributed by atoms with Crippen LogP contribution in [-0.4, -0.2) is 44.3 Å². The Morgan fingerprint density at radius 1 is 1.31 bits per heavy atom. The average molecular weight is 354 g/mol. The molecule has 3 aromatic rings. The highest BCUT2D eigenvalue weighted by atomic mass is 16.5. The fourth-order valence-corrected chi connectivity index (χ4v) is 3.39. The molecule has 0 unspecified atom stereocenters. The van der Waals surface area contributed by atoms with Gasteiger partial charge in [-0.15, -0.1) is 0 Å². The van der Waals surface area contributed by atoms with E-state index < -0.39 is 6.10 Å². The van der Waals surface area contributed by atoms with E-state index in [1.807, 2.05) is 39.9 Å². The highest BCUT2D eigenvalue weighted by Gasteiger charge is 2.23. The predicted octanol–water partition coefficient (Wildman–Crippen LogP) is 2.47. The van der Waals surface area contributed by atoms with Crippen LogP contribution in [0.2, 0.25) is 0 Å². The van der Waals surface area contributed by atoms with Gasteiger partial charge < -0.3 is 19.7 Å². The fraction of sp³-hybridized carbons (Fsp3) is 0.368. The van der Waals surface area contributed by atoms with Gasteiger partial charge in [0.2, 0.25) is 0 Å². The molecule has 0 saturated heterocycles. The van der Waals surface area contributed by atoms with E-state index in [4.69, 9.17) is 4.74 Å². The average Bonchev–Trinajstić information content (AvgIpc) is 3.19. The summed E-state index contributed by atoms with van der Waals surface area (Å²) in [5, 5.41) is 15.1. The van der Waals surface area contributed by atoms with Gasteiger partial charge in [-0.1, -0.05) is 0 Å². The number of ether oxygens (including phenoxy) is 1. The third-order valence-electron chi connectivity index (χ3n) is 4.81. The second-order valence-corrected chi connectivity index (χ2v) is 6.68. The molecule has 0 radical (unpaired) electrons. The largest absolute Gasteiger partial charge is 0.497 e. The summed E-state index contributed by atoms with van der Waals surface area (Å²) in [6.07, 6.45) is 0.218. The van der Waals surface area contributed by atoms with Gasteiger partial charge in [-0.2, -0.15) is 5.10 Å². The number of carbonyl (C=O) groups is 1. The number of aliphatic hydroxyl groups excluding tert-OH is 1. The number of hydrogen-bond donors (Lipinski definition) is 2. The summed E-state index contributed by atoms with van der Waals surface area (Å²) >= 11 is 0. The normalized spacial score (nSPS) is 15.6. The monoisotopic (exact) mass is 354 g/mol. The van der Waals surface area contributed by atoms with E-state index >= 15 is 0 Å². The van der Waals surface area contributed by atoms with Crippen molar-refractivity contribution in [2.24, 2.45) is 0 Å². The molecular weight excluding hydrogens is 332 g/mol. The first kappa shape index (κ1) is 16.7. The first-order chi connectivity index (χ1) is 12.5. The van der Waals surface area contributed by atoms with Crippen LogP contribution in [0.1, 0.15) is 41.3 Å². The van der Waals surface area contributed by atoms with Crippen LogP contribution in [0.25, 0.3) is 10.9 Å². The van der Waals surface area contributed by atoms with Crippen LogP contribution >= 0.6 is 0 Å². The van der Waals surface area contributed by atoms with Gasteiger partial charge in [0.1, 0.15) is 11.4 Å². The predicted molar refractivity (Wildman–Crippen MR) is 97.1 cm³/mol. The van der Waals surface area contributed by atoms with Crippen LogP contribution in [0.5, 0.6) is 5.75 Å². The Morgan fingerprint density at radius 3 is 2.92 bits per heavy atom. The zero-order chi connectivity index (χ0) is 18.3. The van der Waals surface area contributed by atoms with Crippen molar-refractivity contribution in [3.05, 3.63) is 47.4 Å². The number of fused-ring (bicyclic) bond motifs is 2. The van der Waals surface area contributed by atoms with Crippen molar-refractivity contribution >= 4 is 16.8 Å². The van der Waals surface area contributed by atoms with Gasteiger partial charge in [0, 0.05) is 24.0 Å².